The van der Waals surface area contributed by atoms with Gasteiger partial charge in [0.25, 0.3) is 5.56 Å². The van der Waals surface area contributed by atoms with Crippen LogP contribution in [0.2, 0.25) is 0 Å². The van der Waals surface area contributed by atoms with Crippen molar-refractivity contribution in [2.75, 3.05) is 0 Å². The first-order chi connectivity index (χ1) is 8.99. The van der Waals surface area contributed by atoms with Crippen LogP contribution in [0.25, 0.3) is 10.2 Å². The van der Waals surface area contributed by atoms with Crippen molar-refractivity contribution in [1.82, 2.24) is 14.9 Å². The Hall–Kier alpha value is -1.69. The molecule has 0 aliphatic rings. The Bertz CT molecular complexity index is 645. The molecule has 0 saturated heterocycles. The lowest BCUT2D eigenvalue weighted by Gasteiger charge is -2.17. The first-order valence-corrected chi connectivity index (χ1v) is 7.09. The molecule has 0 saturated carbocycles. The molecule has 2 aromatic rings. The molecule has 2 rings (SSSR count). The predicted molar refractivity (Wildman–Crippen MR) is 76.3 cm³/mol. The molecular formula is C13H17N3O2S. The summed E-state index contributed by atoms with van der Waals surface area (Å²) >= 11 is 1.42. The summed E-state index contributed by atoms with van der Waals surface area (Å²) in [6, 6.07) is 1.82. The second-order valence-corrected chi connectivity index (χ2v) is 5.81. The van der Waals surface area contributed by atoms with E-state index in [4.69, 9.17) is 0 Å². The third kappa shape index (κ3) is 3.01. The van der Waals surface area contributed by atoms with Crippen LogP contribution in [0.4, 0.5) is 0 Å². The van der Waals surface area contributed by atoms with E-state index >= 15 is 0 Å². The summed E-state index contributed by atoms with van der Waals surface area (Å²) in [7, 11) is 0. The third-order valence-electron chi connectivity index (χ3n) is 3.15. The van der Waals surface area contributed by atoms with Crippen LogP contribution in [0.5, 0.6) is 0 Å². The van der Waals surface area contributed by atoms with Crippen LogP contribution in [-0.4, -0.2) is 21.5 Å². The smallest absolute Gasteiger partial charge is 0.262 e. The number of carbonyl (C=O) groups excluding carboxylic acids is 1. The van der Waals surface area contributed by atoms with Crippen molar-refractivity contribution in [3.63, 3.8) is 0 Å². The van der Waals surface area contributed by atoms with Gasteiger partial charge in [-0.05, 0) is 24.3 Å². The highest BCUT2D eigenvalue weighted by Gasteiger charge is 2.12. The zero-order chi connectivity index (χ0) is 14.0. The minimum absolute atomic E-state index is 0.00861. The number of nitrogens with one attached hydrogen (secondary N) is 1. The Labute approximate surface area is 115 Å². The van der Waals surface area contributed by atoms with Crippen molar-refractivity contribution in [1.29, 1.82) is 0 Å². The average molecular weight is 279 g/mol. The topological polar surface area (TPSA) is 64.0 Å². The monoisotopic (exact) mass is 279 g/mol. The fourth-order valence-corrected chi connectivity index (χ4v) is 2.35. The standard InChI is InChI=1S/C13H17N3O2S/c1-8(2)9(3)15-11(17)6-16-7-14-12-10(13(16)18)4-5-19-12/h4-5,7-9H,6H2,1-3H3,(H,15,17). The van der Waals surface area contributed by atoms with Gasteiger partial charge < -0.3 is 5.32 Å². The van der Waals surface area contributed by atoms with E-state index in [0.717, 1.165) is 0 Å². The van der Waals surface area contributed by atoms with Gasteiger partial charge in [-0.1, -0.05) is 13.8 Å². The Morgan fingerprint density at radius 1 is 1.47 bits per heavy atom. The molecule has 19 heavy (non-hydrogen) atoms. The molecule has 0 fully saturated rings. The van der Waals surface area contributed by atoms with Gasteiger partial charge in [-0.3, -0.25) is 14.2 Å². The van der Waals surface area contributed by atoms with Gasteiger partial charge in [0.05, 0.1) is 11.7 Å². The van der Waals surface area contributed by atoms with Crippen molar-refractivity contribution >= 4 is 27.5 Å². The molecule has 1 N–H and O–H groups in total. The lowest BCUT2D eigenvalue weighted by Crippen LogP contribution is -2.39. The van der Waals surface area contributed by atoms with Gasteiger partial charge in [-0.15, -0.1) is 11.3 Å². The Morgan fingerprint density at radius 2 is 2.21 bits per heavy atom. The van der Waals surface area contributed by atoms with E-state index in [-0.39, 0.29) is 24.1 Å². The van der Waals surface area contributed by atoms with Crippen LogP contribution >= 0.6 is 11.3 Å². The molecule has 0 radical (unpaired) electrons. The van der Waals surface area contributed by atoms with Gasteiger partial charge >= 0.3 is 0 Å². The van der Waals surface area contributed by atoms with Gasteiger partial charge in [0.1, 0.15) is 11.4 Å². The van der Waals surface area contributed by atoms with Crippen LogP contribution < -0.4 is 10.9 Å². The maximum atomic E-state index is 12.1. The fraction of sp³-hybridized carbons (Fsp3) is 0.462. The number of carbonyl (C=O) groups is 1. The van der Waals surface area contributed by atoms with Crippen molar-refractivity contribution in [3.8, 4) is 0 Å². The quantitative estimate of drug-likeness (QED) is 0.925. The van der Waals surface area contributed by atoms with Gasteiger partial charge in [-0.25, -0.2) is 4.98 Å². The van der Waals surface area contributed by atoms with Crippen molar-refractivity contribution < 1.29 is 4.79 Å². The van der Waals surface area contributed by atoms with Crippen LogP contribution in [0.15, 0.2) is 22.6 Å². The number of aromatic nitrogens is 2. The number of hydrogen-bond acceptors (Lipinski definition) is 4. The molecule has 0 bridgehead atoms. The van der Waals surface area contributed by atoms with Crippen LogP contribution in [0.3, 0.4) is 0 Å². The van der Waals surface area contributed by atoms with E-state index < -0.39 is 0 Å². The van der Waals surface area contributed by atoms with Crippen molar-refractivity contribution in [2.24, 2.45) is 5.92 Å². The van der Waals surface area contributed by atoms with Crippen LogP contribution in [0, 0.1) is 5.92 Å². The highest BCUT2D eigenvalue weighted by molar-refractivity contribution is 7.16. The molecule has 5 nitrogen and oxygen atoms in total. The van der Waals surface area contributed by atoms with Gasteiger partial charge in [-0.2, -0.15) is 0 Å². The number of thiophene rings is 1. The highest BCUT2D eigenvalue weighted by atomic mass is 32.1. The number of fused-ring (bicyclic) bond motifs is 1. The Morgan fingerprint density at radius 3 is 2.89 bits per heavy atom. The molecule has 1 unspecified atom stereocenters. The summed E-state index contributed by atoms with van der Waals surface area (Å²) < 4.78 is 1.34. The number of amides is 1. The van der Waals surface area contributed by atoms with Crippen molar-refractivity contribution in [2.45, 2.75) is 33.4 Å². The fourth-order valence-electron chi connectivity index (χ4n) is 1.63. The van der Waals surface area contributed by atoms with Gasteiger partial charge in [0, 0.05) is 6.04 Å². The van der Waals surface area contributed by atoms with E-state index in [0.29, 0.717) is 16.1 Å². The highest BCUT2D eigenvalue weighted by Crippen LogP contribution is 2.13. The summed E-state index contributed by atoms with van der Waals surface area (Å²) in [5, 5.41) is 5.26. The van der Waals surface area contributed by atoms with E-state index in [1.807, 2.05) is 26.2 Å². The first kappa shape index (κ1) is 13.7. The molecule has 1 atom stereocenters. The van der Waals surface area contributed by atoms with E-state index in [2.05, 4.69) is 10.3 Å². The maximum Gasteiger partial charge on any atom is 0.262 e. The van der Waals surface area contributed by atoms with Crippen LogP contribution in [-0.2, 0) is 11.3 Å². The van der Waals surface area contributed by atoms with Crippen LogP contribution in [0.1, 0.15) is 20.8 Å². The normalized spacial score (nSPS) is 12.8. The van der Waals surface area contributed by atoms with E-state index in [1.165, 1.54) is 22.2 Å². The third-order valence-corrected chi connectivity index (χ3v) is 3.97. The van der Waals surface area contributed by atoms with Crippen molar-refractivity contribution in [3.05, 3.63) is 28.1 Å². The van der Waals surface area contributed by atoms with Gasteiger partial charge in [0.2, 0.25) is 5.91 Å². The summed E-state index contributed by atoms with van der Waals surface area (Å²) in [5.74, 6) is 0.192. The molecular weight excluding hydrogens is 262 g/mol. The van der Waals surface area contributed by atoms with Gasteiger partial charge in [0.15, 0.2) is 0 Å². The zero-order valence-electron chi connectivity index (χ0n) is 11.2. The largest absolute Gasteiger partial charge is 0.352 e. The maximum absolute atomic E-state index is 12.1. The lowest BCUT2D eigenvalue weighted by atomic mass is 10.1. The summed E-state index contributed by atoms with van der Waals surface area (Å²) in [6.07, 6.45) is 1.43. The zero-order valence-corrected chi connectivity index (χ0v) is 12.0. The molecule has 0 aliphatic heterocycles. The second-order valence-electron chi connectivity index (χ2n) is 4.92. The molecule has 0 spiro atoms. The lowest BCUT2D eigenvalue weighted by molar-refractivity contribution is -0.122. The summed E-state index contributed by atoms with van der Waals surface area (Å²) in [6.45, 7) is 6.03. The average Bonchev–Trinajstić information content (AvgIpc) is 2.81. The molecule has 6 heteroatoms. The molecule has 0 aliphatic carbocycles. The molecule has 0 aromatic carbocycles. The number of nitrogens with zero attached hydrogens (tertiary/aromatic N) is 2. The molecule has 2 aromatic heterocycles. The Balaban J connectivity index is 2.15. The minimum Gasteiger partial charge on any atom is -0.352 e. The molecule has 1 amide bonds. The molecule has 2 heterocycles. The predicted octanol–water partition coefficient (Wildman–Crippen LogP) is 1.62. The number of hydrogen-bond donors (Lipinski definition) is 1. The second kappa shape index (κ2) is 5.52. The van der Waals surface area contributed by atoms with E-state index in [9.17, 15) is 9.59 Å². The summed E-state index contributed by atoms with van der Waals surface area (Å²) in [4.78, 5) is 28.8. The minimum atomic E-state index is -0.168. The first-order valence-electron chi connectivity index (χ1n) is 6.21. The van der Waals surface area contributed by atoms with E-state index in [1.54, 1.807) is 6.07 Å². The molecule has 102 valence electrons. The SMILES string of the molecule is CC(C)C(C)NC(=O)Cn1cnc2sccc2c1=O. The summed E-state index contributed by atoms with van der Waals surface area (Å²) in [5.41, 5.74) is -0.168. The number of rotatable bonds is 4. The Kier molecular flexibility index (Phi) is 3.99.